The first kappa shape index (κ1) is 12.3. The van der Waals surface area contributed by atoms with Gasteiger partial charge in [-0.1, -0.05) is 13.8 Å². The summed E-state index contributed by atoms with van der Waals surface area (Å²) in [5.74, 6) is -0.0830. The van der Waals surface area contributed by atoms with Crippen molar-refractivity contribution < 1.29 is 9.90 Å². The zero-order valence-electron chi connectivity index (χ0n) is 10.2. The molecule has 0 aliphatic rings. The minimum absolute atomic E-state index is 0.279. The molecule has 0 spiro atoms. The Morgan fingerprint density at radius 1 is 1.50 bits per heavy atom. The zero-order valence-corrected chi connectivity index (χ0v) is 10.2. The smallest absolute Gasteiger partial charge is 0.326 e. The van der Waals surface area contributed by atoms with Gasteiger partial charge in [0.1, 0.15) is 18.2 Å². The largest absolute Gasteiger partial charge is 0.480 e. The van der Waals surface area contributed by atoms with E-state index in [0.717, 1.165) is 0 Å². The summed E-state index contributed by atoms with van der Waals surface area (Å²) in [6, 6.07) is -0.665. The lowest BCUT2D eigenvalue weighted by molar-refractivity contribution is -0.138. The fraction of sp³-hybridized carbons (Fsp3) is 0.455. The zero-order chi connectivity index (χ0) is 13.1. The van der Waals surface area contributed by atoms with Gasteiger partial charge in [0.05, 0.1) is 12.4 Å². The van der Waals surface area contributed by atoms with Crippen LogP contribution < -0.4 is 5.32 Å². The third-order valence-corrected chi connectivity index (χ3v) is 2.52. The van der Waals surface area contributed by atoms with E-state index < -0.39 is 12.0 Å². The summed E-state index contributed by atoms with van der Waals surface area (Å²) in [5, 5.41) is 16.1. The fourth-order valence-electron chi connectivity index (χ4n) is 1.72. The van der Waals surface area contributed by atoms with Crippen molar-refractivity contribution >= 4 is 17.4 Å². The van der Waals surface area contributed by atoms with E-state index in [-0.39, 0.29) is 5.92 Å². The van der Waals surface area contributed by atoms with E-state index in [9.17, 15) is 9.90 Å². The van der Waals surface area contributed by atoms with E-state index in [2.05, 4.69) is 20.4 Å². The summed E-state index contributed by atoms with van der Waals surface area (Å²) >= 11 is 0. The van der Waals surface area contributed by atoms with Crippen molar-refractivity contribution in [3.05, 3.63) is 18.7 Å². The van der Waals surface area contributed by atoms with Gasteiger partial charge < -0.3 is 10.4 Å². The van der Waals surface area contributed by atoms with E-state index in [4.69, 9.17) is 0 Å². The van der Waals surface area contributed by atoms with Gasteiger partial charge in [-0.3, -0.25) is 4.98 Å². The van der Waals surface area contributed by atoms with Crippen LogP contribution >= 0.6 is 0 Å². The Morgan fingerprint density at radius 2 is 2.28 bits per heavy atom. The normalized spacial score (nSPS) is 12.8. The van der Waals surface area contributed by atoms with Gasteiger partial charge in [-0.05, 0) is 12.3 Å². The SMILES string of the molecule is CC(C)CC(Nc1cncc2ncnn12)C(=O)O. The first-order valence-corrected chi connectivity index (χ1v) is 5.71. The van der Waals surface area contributed by atoms with E-state index >= 15 is 0 Å². The minimum atomic E-state index is -0.888. The average Bonchev–Trinajstić information content (AvgIpc) is 2.76. The van der Waals surface area contributed by atoms with Crippen molar-refractivity contribution in [2.24, 2.45) is 5.92 Å². The van der Waals surface area contributed by atoms with E-state index in [1.807, 2.05) is 13.8 Å². The van der Waals surface area contributed by atoms with Gasteiger partial charge in [-0.2, -0.15) is 9.61 Å². The summed E-state index contributed by atoms with van der Waals surface area (Å²) < 4.78 is 1.53. The Kier molecular flexibility index (Phi) is 3.40. The monoisotopic (exact) mass is 249 g/mol. The Hall–Kier alpha value is -2.18. The molecule has 0 aliphatic heterocycles. The summed E-state index contributed by atoms with van der Waals surface area (Å²) in [6.45, 7) is 3.96. The Bertz CT molecular complexity index is 551. The molecule has 0 radical (unpaired) electrons. The summed E-state index contributed by atoms with van der Waals surface area (Å²) in [7, 11) is 0. The Morgan fingerprint density at radius 3 is 2.94 bits per heavy atom. The highest BCUT2D eigenvalue weighted by Crippen LogP contribution is 2.13. The number of fused-ring (bicyclic) bond motifs is 1. The summed E-state index contributed by atoms with van der Waals surface area (Å²) in [6.07, 6.45) is 5.04. The molecule has 2 N–H and O–H groups in total. The number of aliphatic carboxylic acids is 1. The second-order valence-corrected chi connectivity index (χ2v) is 4.49. The van der Waals surface area contributed by atoms with Crippen LogP contribution in [0.5, 0.6) is 0 Å². The van der Waals surface area contributed by atoms with Gasteiger partial charge in [-0.25, -0.2) is 9.78 Å². The van der Waals surface area contributed by atoms with Crippen molar-refractivity contribution in [1.29, 1.82) is 0 Å². The molecule has 0 amide bonds. The molecule has 7 nitrogen and oxygen atoms in total. The predicted molar refractivity (Wildman–Crippen MR) is 65.3 cm³/mol. The van der Waals surface area contributed by atoms with Crippen LogP contribution in [0.25, 0.3) is 5.65 Å². The highest BCUT2D eigenvalue weighted by Gasteiger charge is 2.19. The molecule has 0 saturated heterocycles. The van der Waals surface area contributed by atoms with Gasteiger partial charge in [0.25, 0.3) is 0 Å². The molecule has 0 saturated carbocycles. The molecule has 0 aliphatic carbocycles. The molecule has 2 aromatic heterocycles. The first-order valence-electron chi connectivity index (χ1n) is 5.71. The van der Waals surface area contributed by atoms with Crippen molar-refractivity contribution in [3.63, 3.8) is 0 Å². The van der Waals surface area contributed by atoms with Crippen LogP contribution in [0.4, 0.5) is 5.82 Å². The maximum Gasteiger partial charge on any atom is 0.326 e. The second kappa shape index (κ2) is 4.99. The van der Waals surface area contributed by atoms with Crippen LogP contribution in [0.1, 0.15) is 20.3 Å². The number of aromatic nitrogens is 4. The molecule has 0 aromatic carbocycles. The molecule has 96 valence electrons. The van der Waals surface area contributed by atoms with E-state index in [1.54, 1.807) is 6.20 Å². The number of carboxylic acid groups (broad SMARTS) is 1. The van der Waals surface area contributed by atoms with Crippen LogP contribution in [-0.4, -0.2) is 36.7 Å². The van der Waals surface area contributed by atoms with Gasteiger partial charge in [0.15, 0.2) is 5.65 Å². The number of rotatable bonds is 5. The number of anilines is 1. The lowest BCUT2D eigenvalue weighted by Crippen LogP contribution is -2.31. The maximum atomic E-state index is 11.2. The predicted octanol–water partition coefficient (Wildman–Crippen LogP) is 1.04. The number of nitrogens with one attached hydrogen (secondary N) is 1. The number of hydrogen-bond donors (Lipinski definition) is 2. The number of hydrogen-bond acceptors (Lipinski definition) is 5. The molecule has 7 heteroatoms. The molecule has 0 bridgehead atoms. The molecular weight excluding hydrogens is 234 g/mol. The van der Waals surface area contributed by atoms with Crippen molar-refractivity contribution in [2.45, 2.75) is 26.3 Å². The molecule has 1 unspecified atom stereocenters. The standard InChI is InChI=1S/C11H15N5O2/c1-7(2)3-8(11(17)18)15-10-5-12-4-9-13-6-14-16(9)10/h4-8,15H,3H2,1-2H3,(H,17,18). The molecule has 1 atom stereocenters. The lowest BCUT2D eigenvalue weighted by Gasteiger charge is -2.17. The lowest BCUT2D eigenvalue weighted by atomic mass is 10.0. The van der Waals surface area contributed by atoms with Crippen molar-refractivity contribution in [2.75, 3.05) is 5.32 Å². The third kappa shape index (κ3) is 2.55. The quantitative estimate of drug-likeness (QED) is 0.822. The van der Waals surface area contributed by atoms with Crippen molar-refractivity contribution in [1.82, 2.24) is 19.6 Å². The summed E-state index contributed by atoms with van der Waals surface area (Å²) in [5.41, 5.74) is 0.577. The van der Waals surface area contributed by atoms with Gasteiger partial charge in [0.2, 0.25) is 0 Å². The molecule has 2 rings (SSSR count). The molecular formula is C11H15N5O2. The van der Waals surface area contributed by atoms with Crippen LogP contribution in [0.2, 0.25) is 0 Å². The Balaban J connectivity index is 2.25. The third-order valence-electron chi connectivity index (χ3n) is 2.52. The topological polar surface area (TPSA) is 92.4 Å². The van der Waals surface area contributed by atoms with Crippen molar-refractivity contribution in [3.8, 4) is 0 Å². The number of carbonyl (C=O) groups is 1. The van der Waals surface area contributed by atoms with Gasteiger partial charge in [-0.15, -0.1) is 0 Å². The Labute approximate surface area is 104 Å². The maximum absolute atomic E-state index is 11.2. The molecule has 0 fully saturated rings. The highest BCUT2D eigenvalue weighted by atomic mass is 16.4. The van der Waals surface area contributed by atoms with E-state index in [0.29, 0.717) is 17.9 Å². The van der Waals surface area contributed by atoms with Gasteiger partial charge >= 0.3 is 5.97 Å². The molecule has 2 heterocycles. The number of carboxylic acids is 1. The van der Waals surface area contributed by atoms with Crippen LogP contribution in [0, 0.1) is 5.92 Å². The fourth-order valence-corrected chi connectivity index (χ4v) is 1.72. The van der Waals surface area contributed by atoms with Crippen LogP contribution in [0.3, 0.4) is 0 Å². The van der Waals surface area contributed by atoms with Crippen LogP contribution in [0.15, 0.2) is 18.7 Å². The van der Waals surface area contributed by atoms with Crippen LogP contribution in [-0.2, 0) is 4.79 Å². The van der Waals surface area contributed by atoms with Gasteiger partial charge in [0, 0.05) is 0 Å². The highest BCUT2D eigenvalue weighted by molar-refractivity contribution is 5.76. The molecule has 2 aromatic rings. The summed E-state index contributed by atoms with van der Waals surface area (Å²) in [4.78, 5) is 19.2. The number of nitrogens with zero attached hydrogens (tertiary/aromatic N) is 4. The first-order chi connectivity index (χ1) is 8.58. The molecule has 18 heavy (non-hydrogen) atoms. The minimum Gasteiger partial charge on any atom is -0.480 e. The van der Waals surface area contributed by atoms with E-state index in [1.165, 1.54) is 17.0 Å². The second-order valence-electron chi connectivity index (χ2n) is 4.49. The average molecular weight is 249 g/mol.